The van der Waals surface area contributed by atoms with Crippen molar-refractivity contribution in [3.8, 4) is 0 Å². The van der Waals surface area contributed by atoms with Crippen LogP contribution in [-0.4, -0.2) is 27.3 Å². The molecule has 28 heavy (non-hydrogen) atoms. The zero-order valence-corrected chi connectivity index (χ0v) is 16.6. The van der Waals surface area contributed by atoms with Crippen molar-refractivity contribution in [2.45, 2.75) is 26.8 Å². The Balaban J connectivity index is 1.57. The molecular formula is C22H21ClN4O. The molecule has 0 saturated heterocycles. The fourth-order valence-electron chi connectivity index (χ4n) is 3.48. The van der Waals surface area contributed by atoms with Gasteiger partial charge in [-0.1, -0.05) is 35.9 Å². The third kappa shape index (κ3) is 3.85. The number of anilines is 2. The topological polar surface area (TPSA) is 58.1 Å². The minimum Gasteiger partial charge on any atom is -0.340 e. The van der Waals surface area contributed by atoms with Crippen molar-refractivity contribution in [1.82, 2.24) is 14.9 Å². The Bertz CT molecular complexity index is 1050. The molecule has 0 radical (unpaired) electrons. The molecule has 0 fully saturated rings. The molecule has 0 bridgehead atoms. The number of nitrogens with one attached hydrogen (secondary N) is 1. The molecule has 1 aliphatic rings. The van der Waals surface area contributed by atoms with Crippen LogP contribution in [0.25, 0.3) is 0 Å². The lowest BCUT2D eigenvalue weighted by Crippen LogP contribution is -2.36. The van der Waals surface area contributed by atoms with Gasteiger partial charge in [-0.25, -0.2) is 9.97 Å². The Morgan fingerprint density at radius 3 is 2.64 bits per heavy atom. The number of aryl methyl sites for hydroxylation is 2. The van der Waals surface area contributed by atoms with E-state index in [0.717, 1.165) is 17.7 Å². The van der Waals surface area contributed by atoms with Gasteiger partial charge in [-0.2, -0.15) is 0 Å². The predicted octanol–water partition coefficient (Wildman–Crippen LogP) is 4.69. The number of hydrogen-bond acceptors (Lipinski definition) is 4. The lowest BCUT2D eigenvalue weighted by Gasteiger charge is -2.28. The lowest BCUT2D eigenvalue weighted by molar-refractivity contribution is 0.0728. The van der Waals surface area contributed by atoms with Crippen LogP contribution in [0.5, 0.6) is 0 Å². The van der Waals surface area contributed by atoms with E-state index in [9.17, 15) is 4.79 Å². The van der Waals surface area contributed by atoms with Crippen LogP contribution in [0.1, 0.15) is 33.0 Å². The number of carbonyl (C=O) groups excluding carboxylic acids is 1. The molecule has 0 unspecified atom stereocenters. The number of rotatable bonds is 3. The first-order valence-corrected chi connectivity index (χ1v) is 9.62. The molecule has 1 N–H and O–H groups in total. The van der Waals surface area contributed by atoms with E-state index in [0.29, 0.717) is 35.4 Å². The largest absolute Gasteiger partial charge is 0.340 e. The van der Waals surface area contributed by atoms with Gasteiger partial charge in [0.2, 0.25) is 0 Å². The van der Waals surface area contributed by atoms with Gasteiger partial charge in [-0.3, -0.25) is 4.79 Å². The van der Waals surface area contributed by atoms with Gasteiger partial charge < -0.3 is 10.2 Å². The van der Waals surface area contributed by atoms with E-state index in [1.165, 1.54) is 11.1 Å². The van der Waals surface area contributed by atoms with Gasteiger partial charge in [-0.05, 0) is 55.2 Å². The Morgan fingerprint density at radius 1 is 1.07 bits per heavy atom. The van der Waals surface area contributed by atoms with E-state index < -0.39 is 0 Å². The summed E-state index contributed by atoms with van der Waals surface area (Å²) in [4.78, 5) is 23.7. The minimum absolute atomic E-state index is 0.0733. The SMILES string of the molecule is Cc1nc(Nc2ccc(Cl)cc2C)cc(C(=O)N2CCc3ccccc3C2)n1. The molecule has 1 aliphatic heterocycles. The summed E-state index contributed by atoms with van der Waals surface area (Å²) in [5.41, 5.74) is 4.81. The van der Waals surface area contributed by atoms with E-state index in [-0.39, 0.29) is 5.91 Å². The highest BCUT2D eigenvalue weighted by Gasteiger charge is 2.23. The third-order valence-electron chi connectivity index (χ3n) is 4.93. The quantitative estimate of drug-likeness (QED) is 0.702. The Kier molecular flexibility index (Phi) is 5.01. The van der Waals surface area contributed by atoms with Gasteiger partial charge >= 0.3 is 0 Å². The minimum atomic E-state index is -0.0733. The summed E-state index contributed by atoms with van der Waals surface area (Å²) < 4.78 is 0. The zero-order valence-electron chi connectivity index (χ0n) is 15.9. The molecule has 6 heteroatoms. The van der Waals surface area contributed by atoms with Crippen LogP contribution in [0.4, 0.5) is 11.5 Å². The average Bonchev–Trinajstić information content (AvgIpc) is 2.69. The summed E-state index contributed by atoms with van der Waals surface area (Å²) in [7, 11) is 0. The normalized spacial score (nSPS) is 13.2. The molecule has 1 aromatic heterocycles. The molecule has 5 nitrogen and oxygen atoms in total. The monoisotopic (exact) mass is 392 g/mol. The molecule has 4 rings (SSSR count). The number of fused-ring (bicyclic) bond motifs is 1. The highest BCUT2D eigenvalue weighted by Crippen LogP contribution is 2.24. The van der Waals surface area contributed by atoms with Crippen LogP contribution in [0.3, 0.4) is 0 Å². The smallest absolute Gasteiger partial charge is 0.272 e. The lowest BCUT2D eigenvalue weighted by atomic mass is 10.00. The first kappa shape index (κ1) is 18.4. The second-order valence-electron chi connectivity index (χ2n) is 7.02. The van der Waals surface area contributed by atoms with Crippen LogP contribution in [0.15, 0.2) is 48.5 Å². The van der Waals surface area contributed by atoms with Crippen molar-refractivity contribution in [2.24, 2.45) is 0 Å². The standard InChI is InChI=1S/C22H21ClN4O/c1-14-11-18(23)7-8-19(14)26-21-12-20(24-15(2)25-21)22(28)27-10-9-16-5-3-4-6-17(16)13-27/h3-8,11-12H,9-10,13H2,1-2H3,(H,24,25,26). The number of aromatic nitrogens is 2. The fourth-order valence-corrected chi connectivity index (χ4v) is 3.70. The predicted molar refractivity (Wildman–Crippen MR) is 111 cm³/mol. The second-order valence-corrected chi connectivity index (χ2v) is 7.45. The van der Waals surface area contributed by atoms with Gasteiger partial charge in [-0.15, -0.1) is 0 Å². The number of hydrogen-bond donors (Lipinski definition) is 1. The van der Waals surface area contributed by atoms with Crippen LogP contribution in [-0.2, 0) is 13.0 Å². The van der Waals surface area contributed by atoms with Crippen molar-refractivity contribution < 1.29 is 4.79 Å². The number of halogens is 1. The van der Waals surface area contributed by atoms with Gasteiger partial charge in [0.1, 0.15) is 17.3 Å². The summed E-state index contributed by atoms with van der Waals surface area (Å²) in [6.45, 7) is 5.07. The summed E-state index contributed by atoms with van der Waals surface area (Å²) in [6.07, 6.45) is 0.862. The summed E-state index contributed by atoms with van der Waals surface area (Å²) in [6, 6.07) is 15.6. The molecule has 0 spiro atoms. The average molecular weight is 393 g/mol. The maximum Gasteiger partial charge on any atom is 0.272 e. The first-order chi connectivity index (χ1) is 13.5. The van der Waals surface area contributed by atoms with Gasteiger partial charge in [0, 0.05) is 29.9 Å². The fraction of sp³-hybridized carbons (Fsp3) is 0.227. The molecule has 0 aliphatic carbocycles. The van der Waals surface area contributed by atoms with Crippen molar-refractivity contribution >= 4 is 29.0 Å². The molecular weight excluding hydrogens is 372 g/mol. The van der Waals surface area contributed by atoms with E-state index in [2.05, 4.69) is 27.4 Å². The van der Waals surface area contributed by atoms with Crippen LogP contribution in [0.2, 0.25) is 5.02 Å². The van der Waals surface area contributed by atoms with E-state index in [1.54, 1.807) is 13.0 Å². The van der Waals surface area contributed by atoms with E-state index in [4.69, 9.17) is 11.6 Å². The van der Waals surface area contributed by atoms with Gasteiger partial charge in [0.25, 0.3) is 5.91 Å². The molecule has 2 heterocycles. The van der Waals surface area contributed by atoms with Gasteiger partial charge in [0.15, 0.2) is 0 Å². The second kappa shape index (κ2) is 7.60. The van der Waals surface area contributed by atoms with E-state index in [1.807, 2.05) is 42.2 Å². The van der Waals surface area contributed by atoms with Gasteiger partial charge in [0.05, 0.1) is 0 Å². The maximum atomic E-state index is 13.1. The zero-order chi connectivity index (χ0) is 19.7. The Morgan fingerprint density at radius 2 is 1.86 bits per heavy atom. The number of benzene rings is 2. The van der Waals surface area contributed by atoms with Crippen LogP contribution < -0.4 is 5.32 Å². The molecule has 1 amide bonds. The summed E-state index contributed by atoms with van der Waals surface area (Å²) >= 11 is 6.03. The molecule has 2 aromatic carbocycles. The van der Waals surface area contributed by atoms with Crippen molar-refractivity contribution in [3.63, 3.8) is 0 Å². The summed E-state index contributed by atoms with van der Waals surface area (Å²) in [5.74, 6) is 1.08. The number of amides is 1. The van der Waals surface area contributed by atoms with Crippen molar-refractivity contribution in [3.05, 3.63) is 81.8 Å². The van der Waals surface area contributed by atoms with Crippen molar-refractivity contribution in [1.29, 1.82) is 0 Å². The van der Waals surface area contributed by atoms with Crippen LogP contribution >= 0.6 is 11.6 Å². The summed E-state index contributed by atoms with van der Waals surface area (Å²) in [5, 5.41) is 3.96. The Labute approximate surface area is 169 Å². The van der Waals surface area contributed by atoms with E-state index >= 15 is 0 Å². The van der Waals surface area contributed by atoms with Crippen LogP contribution in [0, 0.1) is 13.8 Å². The molecule has 0 atom stereocenters. The number of nitrogens with zero attached hydrogens (tertiary/aromatic N) is 3. The number of carbonyl (C=O) groups is 1. The maximum absolute atomic E-state index is 13.1. The molecule has 0 saturated carbocycles. The molecule has 142 valence electrons. The highest BCUT2D eigenvalue weighted by molar-refractivity contribution is 6.30. The molecule has 3 aromatic rings. The van der Waals surface area contributed by atoms with Crippen molar-refractivity contribution in [2.75, 3.05) is 11.9 Å². The first-order valence-electron chi connectivity index (χ1n) is 9.24. The third-order valence-corrected chi connectivity index (χ3v) is 5.16. The Hall–Kier alpha value is -2.92. The highest BCUT2D eigenvalue weighted by atomic mass is 35.5.